The highest BCUT2D eigenvalue weighted by atomic mass is 127. The number of benzene rings is 1. The van der Waals surface area contributed by atoms with Crippen molar-refractivity contribution in [1.29, 1.82) is 0 Å². The summed E-state index contributed by atoms with van der Waals surface area (Å²) in [7, 11) is 1.66. The average molecular weight is 475 g/mol. The third kappa shape index (κ3) is 6.48. The number of aliphatic hydroxyl groups is 1. The molecule has 138 valence electrons. The molecule has 1 heterocycles. The zero-order chi connectivity index (χ0) is 17.4. The molecule has 5 nitrogen and oxygen atoms in total. The number of rotatable bonds is 7. The fourth-order valence-corrected chi connectivity index (χ4v) is 3.05. The van der Waals surface area contributed by atoms with Crippen molar-refractivity contribution in [3.8, 4) is 5.75 Å². The first kappa shape index (κ1) is 21.7. The van der Waals surface area contributed by atoms with Crippen molar-refractivity contribution in [3.63, 3.8) is 0 Å². The van der Waals surface area contributed by atoms with Crippen LogP contribution in [-0.4, -0.2) is 31.3 Å². The fraction of sp³-hybridized carbons (Fsp3) is 0.389. The molecule has 0 saturated carbocycles. The molecular formula is C18H26IN3O2S. The average Bonchev–Trinajstić information content (AvgIpc) is 3.13. The molecule has 0 spiro atoms. The number of hydrogen-bond acceptors (Lipinski definition) is 4. The number of halogens is 1. The Kier molecular flexibility index (Phi) is 9.23. The van der Waals surface area contributed by atoms with Gasteiger partial charge in [-0.25, -0.2) is 4.99 Å². The molecule has 1 aromatic heterocycles. The molecule has 0 aliphatic rings. The van der Waals surface area contributed by atoms with Crippen LogP contribution >= 0.6 is 35.3 Å². The second kappa shape index (κ2) is 10.6. The number of hydrogen-bond donors (Lipinski definition) is 3. The number of aliphatic imine (C=N–C) groups is 1. The molecule has 0 amide bonds. The minimum absolute atomic E-state index is 0. The van der Waals surface area contributed by atoms with Gasteiger partial charge in [0, 0.05) is 17.0 Å². The molecule has 25 heavy (non-hydrogen) atoms. The topological polar surface area (TPSA) is 65.9 Å². The predicted octanol–water partition coefficient (Wildman–Crippen LogP) is 3.34. The van der Waals surface area contributed by atoms with Crippen LogP contribution in [0.2, 0.25) is 0 Å². The molecule has 0 radical (unpaired) electrons. The minimum Gasteiger partial charge on any atom is -0.496 e. The smallest absolute Gasteiger partial charge is 0.191 e. The largest absolute Gasteiger partial charge is 0.496 e. The third-order valence-electron chi connectivity index (χ3n) is 3.60. The summed E-state index contributed by atoms with van der Waals surface area (Å²) in [5.41, 5.74) is 0.0802. The summed E-state index contributed by atoms with van der Waals surface area (Å²) in [5, 5.41) is 19.0. The lowest BCUT2D eigenvalue weighted by atomic mass is 10.1. The lowest BCUT2D eigenvalue weighted by Crippen LogP contribution is -2.44. The highest BCUT2D eigenvalue weighted by molar-refractivity contribution is 14.0. The SMILES string of the molecule is CCNC(=NCc1ccccc1OC)NCC(C)(O)c1cccs1.I. The van der Waals surface area contributed by atoms with Crippen molar-refractivity contribution in [2.45, 2.75) is 26.0 Å². The Morgan fingerprint density at radius 1 is 1.24 bits per heavy atom. The summed E-state index contributed by atoms with van der Waals surface area (Å²) in [4.78, 5) is 5.51. The summed E-state index contributed by atoms with van der Waals surface area (Å²) in [6.45, 7) is 5.44. The van der Waals surface area contributed by atoms with E-state index in [1.54, 1.807) is 25.4 Å². The Bertz CT molecular complexity index is 660. The molecular weight excluding hydrogens is 449 g/mol. The number of guanidine groups is 1. The number of methoxy groups -OCH3 is 1. The Morgan fingerprint density at radius 2 is 2.00 bits per heavy atom. The van der Waals surface area contributed by atoms with Crippen molar-refractivity contribution in [1.82, 2.24) is 10.6 Å². The highest BCUT2D eigenvalue weighted by Crippen LogP contribution is 2.24. The van der Waals surface area contributed by atoms with Crippen molar-refractivity contribution >= 4 is 41.3 Å². The van der Waals surface area contributed by atoms with Crippen LogP contribution in [0.4, 0.5) is 0 Å². The maximum absolute atomic E-state index is 10.6. The van der Waals surface area contributed by atoms with E-state index < -0.39 is 5.60 Å². The fourth-order valence-electron chi connectivity index (χ4n) is 2.27. The van der Waals surface area contributed by atoms with E-state index >= 15 is 0 Å². The Hall–Kier alpha value is -1.32. The Balaban J connectivity index is 0.00000312. The highest BCUT2D eigenvalue weighted by Gasteiger charge is 2.24. The first-order chi connectivity index (χ1) is 11.6. The van der Waals surface area contributed by atoms with E-state index in [1.165, 1.54) is 0 Å². The number of ether oxygens (including phenoxy) is 1. The molecule has 0 aliphatic carbocycles. The van der Waals surface area contributed by atoms with Gasteiger partial charge in [0.2, 0.25) is 0 Å². The van der Waals surface area contributed by atoms with E-state index in [9.17, 15) is 5.11 Å². The quantitative estimate of drug-likeness (QED) is 0.327. The molecule has 1 unspecified atom stereocenters. The van der Waals surface area contributed by atoms with E-state index in [0.717, 1.165) is 22.7 Å². The number of nitrogens with zero attached hydrogens (tertiary/aromatic N) is 1. The van der Waals surface area contributed by atoms with E-state index in [2.05, 4.69) is 15.6 Å². The normalized spacial score (nSPS) is 13.5. The molecule has 2 aromatic rings. The second-order valence-electron chi connectivity index (χ2n) is 5.61. The van der Waals surface area contributed by atoms with Gasteiger partial charge in [0.25, 0.3) is 0 Å². The minimum atomic E-state index is -0.936. The van der Waals surface area contributed by atoms with Crippen LogP contribution < -0.4 is 15.4 Å². The van der Waals surface area contributed by atoms with Gasteiger partial charge in [0.05, 0.1) is 20.2 Å². The second-order valence-corrected chi connectivity index (χ2v) is 6.56. The van der Waals surface area contributed by atoms with Crippen LogP contribution in [0.25, 0.3) is 0 Å². The van der Waals surface area contributed by atoms with Crippen molar-refractivity contribution in [2.24, 2.45) is 4.99 Å². The Morgan fingerprint density at radius 3 is 2.64 bits per heavy atom. The zero-order valence-corrected chi connectivity index (χ0v) is 17.9. The molecule has 0 bridgehead atoms. The lowest BCUT2D eigenvalue weighted by molar-refractivity contribution is 0.0655. The van der Waals surface area contributed by atoms with Crippen molar-refractivity contribution < 1.29 is 9.84 Å². The van der Waals surface area contributed by atoms with Crippen molar-refractivity contribution in [2.75, 3.05) is 20.2 Å². The number of nitrogens with one attached hydrogen (secondary N) is 2. The van der Waals surface area contributed by atoms with Gasteiger partial charge in [0.15, 0.2) is 5.96 Å². The van der Waals surface area contributed by atoms with E-state index in [0.29, 0.717) is 19.0 Å². The van der Waals surface area contributed by atoms with Crippen LogP contribution in [-0.2, 0) is 12.1 Å². The molecule has 0 aliphatic heterocycles. The summed E-state index contributed by atoms with van der Waals surface area (Å²) in [6, 6.07) is 11.7. The van der Waals surface area contributed by atoms with Gasteiger partial charge in [-0.3, -0.25) is 0 Å². The van der Waals surface area contributed by atoms with Gasteiger partial charge in [0.1, 0.15) is 11.4 Å². The van der Waals surface area contributed by atoms with Crippen LogP contribution in [0.3, 0.4) is 0 Å². The molecule has 0 fully saturated rings. The van der Waals surface area contributed by atoms with Crippen LogP contribution in [0.15, 0.2) is 46.8 Å². The zero-order valence-electron chi connectivity index (χ0n) is 14.8. The van der Waals surface area contributed by atoms with Gasteiger partial charge in [-0.05, 0) is 31.4 Å². The summed E-state index contributed by atoms with van der Waals surface area (Å²) in [6.07, 6.45) is 0. The van der Waals surface area contributed by atoms with Gasteiger partial charge in [-0.1, -0.05) is 24.3 Å². The van der Waals surface area contributed by atoms with Gasteiger partial charge in [-0.15, -0.1) is 35.3 Å². The first-order valence-corrected chi connectivity index (χ1v) is 8.85. The Labute approximate surface area is 170 Å². The van der Waals surface area contributed by atoms with E-state index in [-0.39, 0.29) is 24.0 Å². The van der Waals surface area contributed by atoms with E-state index in [1.807, 2.05) is 48.7 Å². The predicted molar refractivity (Wildman–Crippen MR) is 115 cm³/mol. The molecule has 1 aromatic carbocycles. The maximum atomic E-state index is 10.6. The summed E-state index contributed by atoms with van der Waals surface area (Å²) >= 11 is 1.54. The number of para-hydroxylation sites is 1. The van der Waals surface area contributed by atoms with Gasteiger partial charge >= 0.3 is 0 Å². The van der Waals surface area contributed by atoms with Crippen LogP contribution in [0, 0.1) is 0 Å². The monoisotopic (exact) mass is 475 g/mol. The van der Waals surface area contributed by atoms with Gasteiger partial charge in [-0.2, -0.15) is 0 Å². The lowest BCUT2D eigenvalue weighted by Gasteiger charge is -2.23. The molecule has 2 rings (SSSR count). The molecule has 1 atom stereocenters. The molecule has 3 N–H and O–H groups in total. The van der Waals surface area contributed by atoms with Crippen LogP contribution in [0.5, 0.6) is 5.75 Å². The van der Waals surface area contributed by atoms with Gasteiger partial charge < -0.3 is 20.5 Å². The first-order valence-electron chi connectivity index (χ1n) is 7.97. The summed E-state index contributed by atoms with van der Waals surface area (Å²) < 4.78 is 5.35. The standard InChI is InChI=1S/C18H25N3O2S.HI/c1-4-19-17(20-12-14-8-5-6-9-15(14)23-3)21-13-18(2,22)16-10-7-11-24-16;/h5-11,22H,4,12-13H2,1-3H3,(H2,19,20,21);1H. The molecule has 7 heteroatoms. The maximum Gasteiger partial charge on any atom is 0.191 e. The summed E-state index contributed by atoms with van der Waals surface area (Å²) in [5.74, 6) is 1.49. The van der Waals surface area contributed by atoms with E-state index in [4.69, 9.17) is 4.74 Å². The van der Waals surface area contributed by atoms with Crippen molar-refractivity contribution in [3.05, 3.63) is 52.2 Å². The number of thiophene rings is 1. The molecule has 0 saturated heterocycles. The van der Waals surface area contributed by atoms with Crippen LogP contribution in [0.1, 0.15) is 24.3 Å². The third-order valence-corrected chi connectivity index (χ3v) is 4.72.